The van der Waals surface area contributed by atoms with Crippen LogP contribution in [0.2, 0.25) is 5.02 Å². The second-order valence-corrected chi connectivity index (χ2v) is 8.33. The molecule has 2 aromatic heterocycles. The van der Waals surface area contributed by atoms with Crippen LogP contribution in [0.1, 0.15) is 22.9 Å². The summed E-state index contributed by atoms with van der Waals surface area (Å²) in [5.74, 6) is 0. The maximum atomic E-state index is 12.4. The van der Waals surface area contributed by atoms with Gasteiger partial charge >= 0.3 is 6.03 Å². The fraction of sp³-hybridized carbons (Fsp3) is 0.286. The Morgan fingerprint density at radius 2 is 1.96 bits per heavy atom. The van der Waals surface area contributed by atoms with Crippen LogP contribution < -0.4 is 10.6 Å². The highest BCUT2D eigenvalue weighted by molar-refractivity contribution is 7.14. The molecule has 3 aromatic rings. The topological polar surface area (TPSA) is 49.3 Å². The zero-order valence-corrected chi connectivity index (χ0v) is 17.3. The minimum absolute atomic E-state index is 0.216. The third-order valence-corrected chi connectivity index (χ3v) is 6.56. The number of benzene rings is 1. The summed E-state index contributed by atoms with van der Waals surface area (Å²) in [4.78, 5) is 16.3. The molecule has 0 saturated heterocycles. The van der Waals surface area contributed by atoms with Crippen LogP contribution in [0.4, 0.5) is 10.5 Å². The summed E-state index contributed by atoms with van der Waals surface area (Å²) in [5, 5.41) is 7.73. The molecule has 0 atom stereocenters. The predicted octanol–water partition coefficient (Wildman–Crippen LogP) is 4.89. The van der Waals surface area contributed by atoms with Crippen molar-refractivity contribution < 1.29 is 4.79 Å². The van der Waals surface area contributed by atoms with Gasteiger partial charge in [0.05, 0.1) is 0 Å². The molecule has 0 aliphatic carbocycles. The van der Waals surface area contributed by atoms with Gasteiger partial charge in [0.1, 0.15) is 5.00 Å². The molecule has 1 aliphatic rings. The quantitative estimate of drug-likeness (QED) is 0.624. The number of anilines is 1. The largest absolute Gasteiger partial charge is 0.334 e. The molecule has 3 heterocycles. The number of fused-ring (bicyclic) bond motifs is 1. The number of hydrogen-bond donors (Lipinski definition) is 2. The first-order valence-electron chi connectivity index (χ1n) is 9.43. The number of nitrogens with zero attached hydrogens (tertiary/aromatic N) is 2. The van der Waals surface area contributed by atoms with E-state index in [0.717, 1.165) is 31.7 Å². The Labute approximate surface area is 173 Å². The van der Waals surface area contributed by atoms with Crippen LogP contribution in [0, 0.1) is 0 Å². The molecule has 1 aliphatic heterocycles. The van der Waals surface area contributed by atoms with Crippen molar-refractivity contribution in [2.75, 3.05) is 18.4 Å². The minimum Gasteiger partial charge on any atom is -0.334 e. The molecule has 28 heavy (non-hydrogen) atoms. The van der Waals surface area contributed by atoms with Crippen molar-refractivity contribution in [1.29, 1.82) is 0 Å². The van der Waals surface area contributed by atoms with Gasteiger partial charge in [-0.3, -0.25) is 4.90 Å². The van der Waals surface area contributed by atoms with Crippen LogP contribution in [0.15, 0.2) is 48.8 Å². The van der Waals surface area contributed by atoms with Gasteiger partial charge in [0.15, 0.2) is 0 Å². The molecule has 2 N–H and O–H groups in total. The highest BCUT2D eigenvalue weighted by Crippen LogP contribution is 2.35. The standard InChI is InChI=1S/C21H23ClN4OS/c1-2-25-12-9-17-18(20(28-19(17)14-25)26-10-3-4-11-26)13-23-21(27)24-16-7-5-15(22)6-8-16/h3-8,10-11H,2,9,12-14H2,1H3,(H2,23,24,27). The molecule has 1 aromatic carbocycles. The van der Waals surface area contributed by atoms with Crippen molar-refractivity contribution in [3.63, 3.8) is 0 Å². The van der Waals surface area contributed by atoms with Gasteiger partial charge < -0.3 is 15.2 Å². The molecule has 146 valence electrons. The van der Waals surface area contributed by atoms with E-state index in [4.69, 9.17) is 11.6 Å². The maximum absolute atomic E-state index is 12.4. The molecule has 0 fully saturated rings. The van der Waals surface area contributed by atoms with Gasteiger partial charge in [0.25, 0.3) is 0 Å². The Kier molecular flexibility index (Phi) is 5.71. The van der Waals surface area contributed by atoms with E-state index in [1.165, 1.54) is 21.0 Å². The van der Waals surface area contributed by atoms with E-state index in [9.17, 15) is 4.79 Å². The summed E-state index contributed by atoms with van der Waals surface area (Å²) in [6.45, 7) is 5.82. The number of urea groups is 1. The molecule has 5 nitrogen and oxygen atoms in total. The number of amides is 2. The van der Waals surface area contributed by atoms with E-state index in [1.54, 1.807) is 24.3 Å². The fourth-order valence-corrected chi connectivity index (χ4v) is 5.02. The smallest absolute Gasteiger partial charge is 0.319 e. The minimum atomic E-state index is -0.216. The van der Waals surface area contributed by atoms with Crippen LogP contribution in [-0.4, -0.2) is 28.6 Å². The van der Waals surface area contributed by atoms with E-state index in [-0.39, 0.29) is 6.03 Å². The van der Waals surface area contributed by atoms with Crippen molar-refractivity contribution in [3.8, 4) is 5.00 Å². The van der Waals surface area contributed by atoms with Crippen LogP contribution >= 0.6 is 22.9 Å². The highest BCUT2D eigenvalue weighted by atomic mass is 35.5. The Morgan fingerprint density at radius 1 is 1.21 bits per heavy atom. The summed E-state index contributed by atoms with van der Waals surface area (Å²) < 4.78 is 2.15. The number of thiophene rings is 1. The van der Waals surface area contributed by atoms with E-state index >= 15 is 0 Å². The number of hydrogen-bond acceptors (Lipinski definition) is 3. The van der Waals surface area contributed by atoms with Crippen molar-refractivity contribution >= 4 is 34.7 Å². The lowest BCUT2D eigenvalue weighted by molar-refractivity contribution is 0.251. The van der Waals surface area contributed by atoms with Gasteiger partial charge in [-0.15, -0.1) is 11.3 Å². The summed E-state index contributed by atoms with van der Waals surface area (Å²) >= 11 is 7.73. The number of carbonyl (C=O) groups is 1. The Balaban J connectivity index is 1.52. The second kappa shape index (κ2) is 8.39. The van der Waals surface area contributed by atoms with Crippen LogP contribution in [-0.2, 0) is 19.5 Å². The number of likely N-dealkylation sites (N-methyl/N-ethyl adjacent to an activating group) is 1. The molecule has 4 rings (SSSR count). The van der Waals surface area contributed by atoms with E-state index in [2.05, 4.69) is 39.4 Å². The van der Waals surface area contributed by atoms with Gasteiger partial charge in [-0.2, -0.15) is 0 Å². The molecular weight excluding hydrogens is 392 g/mol. The van der Waals surface area contributed by atoms with Gasteiger partial charge in [-0.1, -0.05) is 18.5 Å². The zero-order valence-electron chi connectivity index (χ0n) is 15.7. The zero-order chi connectivity index (χ0) is 19.5. The number of rotatable bonds is 5. The normalized spacial score (nSPS) is 13.9. The average Bonchev–Trinajstić information content (AvgIpc) is 3.35. The van der Waals surface area contributed by atoms with Crippen LogP contribution in [0.25, 0.3) is 5.00 Å². The van der Waals surface area contributed by atoms with Crippen molar-refractivity contribution in [2.24, 2.45) is 0 Å². The Hall–Kier alpha value is -2.28. The fourth-order valence-electron chi connectivity index (χ4n) is 3.52. The third-order valence-electron chi connectivity index (χ3n) is 5.04. The molecule has 7 heteroatoms. The third kappa shape index (κ3) is 4.09. The lowest BCUT2D eigenvalue weighted by Crippen LogP contribution is -2.31. The van der Waals surface area contributed by atoms with E-state index in [0.29, 0.717) is 11.6 Å². The molecule has 0 saturated carbocycles. The lowest BCUT2D eigenvalue weighted by atomic mass is 10.0. The lowest BCUT2D eigenvalue weighted by Gasteiger charge is -2.25. The first kappa shape index (κ1) is 19.1. The van der Waals surface area contributed by atoms with Crippen molar-refractivity contribution in [3.05, 3.63) is 69.8 Å². The summed E-state index contributed by atoms with van der Waals surface area (Å²) in [6, 6.07) is 10.9. The SMILES string of the molecule is CCN1CCc2c(sc(-n3cccc3)c2CNC(=O)Nc2ccc(Cl)cc2)C1. The number of carbonyl (C=O) groups excluding carboxylic acids is 1. The van der Waals surface area contributed by atoms with Crippen LogP contribution in [0.3, 0.4) is 0 Å². The monoisotopic (exact) mass is 414 g/mol. The van der Waals surface area contributed by atoms with Gasteiger partial charge in [0, 0.05) is 53.2 Å². The predicted molar refractivity (Wildman–Crippen MR) is 116 cm³/mol. The van der Waals surface area contributed by atoms with Gasteiger partial charge in [-0.25, -0.2) is 4.79 Å². The second-order valence-electron chi connectivity index (χ2n) is 6.81. The Morgan fingerprint density at radius 3 is 2.68 bits per heavy atom. The Bertz CT molecular complexity index is 950. The number of halogens is 1. The van der Waals surface area contributed by atoms with Gasteiger partial charge in [0.2, 0.25) is 0 Å². The molecule has 0 bridgehead atoms. The van der Waals surface area contributed by atoms with Crippen molar-refractivity contribution in [1.82, 2.24) is 14.8 Å². The molecule has 2 amide bonds. The number of aromatic nitrogens is 1. The highest BCUT2D eigenvalue weighted by Gasteiger charge is 2.24. The summed E-state index contributed by atoms with van der Waals surface area (Å²) in [7, 11) is 0. The summed E-state index contributed by atoms with van der Waals surface area (Å²) in [5.41, 5.74) is 3.34. The first-order valence-corrected chi connectivity index (χ1v) is 10.6. The average molecular weight is 415 g/mol. The van der Waals surface area contributed by atoms with Gasteiger partial charge in [-0.05, 0) is 54.9 Å². The van der Waals surface area contributed by atoms with Crippen molar-refractivity contribution in [2.45, 2.75) is 26.4 Å². The van der Waals surface area contributed by atoms with E-state index < -0.39 is 0 Å². The maximum Gasteiger partial charge on any atom is 0.319 e. The summed E-state index contributed by atoms with van der Waals surface area (Å²) in [6.07, 6.45) is 5.15. The number of nitrogens with one attached hydrogen (secondary N) is 2. The molecular formula is C21H23ClN4OS. The van der Waals surface area contributed by atoms with E-state index in [1.807, 2.05) is 23.5 Å². The molecule has 0 radical (unpaired) electrons. The molecule has 0 unspecified atom stereocenters. The molecule has 0 spiro atoms. The van der Waals surface area contributed by atoms with Crippen LogP contribution in [0.5, 0.6) is 0 Å². The first-order chi connectivity index (χ1) is 13.6.